The highest BCUT2D eigenvalue weighted by Crippen LogP contribution is 2.17. The molecule has 1 aromatic rings. The summed E-state index contributed by atoms with van der Waals surface area (Å²) in [5.41, 5.74) is 0.877. The van der Waals surface area contributed by atoms with Gasteiger partial charge >= 0.3 is 0 Å². The van der Waals surface area contributed by atoms with Crippen molar-refractivity contribution in [1.29, 1.82) is 0 Å². The minimum atomic E-state index is -0.244. The Balaban J connectivity index is 2.01. The minimum absolute atomic E-state index is 0.121. The Labute approximate surface area is 120 Å². The van der Waals surface area contributed by atoms with Gasteiger partial charge in [0, 0.05) is 31.1 Å². The molecule has 1 aliphatic heterocycles. The number of carbonyl (C=O) groups is 1. The fourth-order valence-corrected chi connectivity index (χ4v) is 2.76. The molecule has 1 saturated heterocycles. The number of nitrogens with zero attached hydrogens (tertiary/aromatic N) is 1. The van der Waals surface area contributed by atoms with Crippen LogP contribution < -0.4 is 5.32 Å². The van der Waals surface area contributed by atoms with E-state index in [-0.39, 0.29) is 23.7 Å². The Morgan fingerprint density at radius 2 is 2.25 bits per heavy atom. The summed E-state index contributed by atoms with van der Waals surface area (Å²) in [5, 5.41) is 3.37. The van der Waals surface area contributed by atoms with Crippen molar-refractivity contribution in [2.24, 2.45) is 5.92 Å². The number of nitrogens with one attached hydrogen (secondary N) is 1. The van der Waals surface area contributed by atoms with Gasteiger partial charge in [-0.3, -0.25) is 4.79 Å². The van der Waals surface area contributed by atoms with Crippen LogP contribution in [0.2, 0.25) is 0 Å². The van der Waals surface area contributed by atoms with Gasteiger partial charge in [-0.25, -0.2) is 4.39 Å². The summed E-state index contributed by atoms with van der Waals surface area (Å²) in [6.45, 7) is 7.68. The van der Waals surface area contributed by atoms with Gasteiger partial charge in [-0.05, 0) is 38.0 Å². The second-order valence-electron chi connectivity index (χ2n) is 5.75. The lowest BCUT2D eigenvalue weighted by Crippen LogP contribution is -2.58. The van der Waals surface area contributed by atoms with Crippen molar-refractivity contribution >= 4 is 5.91 Å². The monoisotopic (exact) mass is 278 g/mol. The largest absolute Gasteiger partial charge is 0.337 e. The van der Waals surface area contributed by atoms with Gasteiger partial charge in [0.2, 0.25) is 5.91 Å². The smallest absolute Gasteiger partial charge is 0.226 e. The van der Waals surface area contributed by atoms with Gasteiger partial charge in [0.05, 0.1) is 0 Å². The number of carbonyl (C=O) groups excluding carboxylic acids is 1. The molecule has 110 valence electrons. The van der Waals surface area contributed by atoms with Gasteiger partial charge in [-0.1, -0.05) is 19.1 Å². The third-order valence-electron chi connectivity index (χ3n) is 4.17. The van der Waals surface area contributed by atoms with E-state index in [0.29, 0.717) is 12.5 Å². The maximum absolute atomic E-state index is 13.2. The molecule has 20 heavy (non-hydrogen) atoms. The zero-order valence-electron chi connectivity index (χ0n) is 12.4. The van der Waals surface area contributed by atoms with Crippen LogP contribution in [0.5, 0.6) is 0 Å². The zero-order chi connectivity index (χ0) is 14.7. The molecule has 1 fully saturated rings. The van der Waals surface area contributed by atoms with Crippen molar-refractivity contribution < 1.29 is 9.18 Å². The van der Waals surface area contributed by atoms with Crippen LogP contribution in [0.1, 0.15) is 26.3 Å². The third kappa shape index (κ3) is 3.37. The van der Waals surface area contributed by atoms with E-state index in [1.54, 1.807) is 6.07 Å². The highest BCUT2D eigenvalue weighted by Gasteiger charge is 2.30. The highest BCUT2D eigenvalue weighted by atomic mass is 19.1. The molecule has 3 nitrogen and oxygen atoms in total. The van der Waals surface area contributed by atoms with E-state index in [2.05, 4.69) is 19.2 Å². The molecule has 3 atom stereocenters. The average Bonchev–Trinajstić information content (AvgIpc) is 2.41. The van der Waals surface area contributed by atoms with Crippen LogP contribution in [0.4, 0.5) is 4.39 Å². The Bertz CT molecular complexity index is 477. The first-order chi connectivity index (χ1) is 9.49. The first kappa shape index (κ1) is 15.0. The summed E-state index contributed by atoms with van der Waals surface area (Å²) >= 11 is 0. The standard InChI is InChI=1S/C16H23FN2O/c1-11(9-14-5-4-6-15(17)10-14)16(20)19-8-7-18-12(2)13(19)3/h4-6,10-13,18H,7-9H2,1-3H3. The van der Waals surface area contributed by atoms with Crippen LogP contribution in [-0.2, 0) is 11.2 Å². The van der Waals surface area contributed by atoms with E-state index >= 15 is 0 Å². The Hall–Kier alpha value is -1.42. The van der Waals surface area contributed by atoms with E-state index in [4.69, 9.17) is 0 Å². The van der Waals surface area contributed by atoms with Gasteiger partial charge in [-0.2, -0.15) is 0 Å². The van der Waals surface area contributed by atoms with E-state index in [1.807, 2.05) is 17.9 Å². The van der Waals surface area contributed by atoms with Crippen molar-refractivity contribution in [3.05, 3.63) is 35.6 Å². The topological polar surface area (TPSA) is 32.3 Å². The van der Waals surface area contributed by atoms with Gasteiger partial charge < -0.3 is 10.2 Å². The molecule has 1 aromatic carbocycles. The summed E-state index contributed by atoms with van der Waals surface area (Å²) in [6, 6.07) is 7.01. The molecule has 0 aliphatic carbocycles. The van der Waals surface area contributed by atoms with E-state index in [0.717, 1.165) is 18.7 Å². The second-order valence-corrected chi connectivity index (χ2v) is 5.75. The van der Waals surface area contributed by atoms with Crippen LogP contribution in [0.15, 0.2) is 24.3 Å². The summed E-state index contributed by atoms with van der Waals surface area (Å²) < 4.78 is 13.2. The van der Waals surface area contributed by atoms with Crippen LogP contribution in [0.3, 0.4) is 0 Å². The van der Waals surface area contributed by atoms with E-state index in [1.165, 1.54) is 12.1 Å². The number of rotatable bonds is 3. The van der Waals surface area contributed by atoms with Crippen molar-refractivity contribution in [2.75, 3.05) is 13.1 Å². The molecular weight excluding hydrogens is 255 g/mol. The minimum Gasteiger partial charge on any atom is -0.337 e. The first-order valence-corrected chi connectivity index (χ1v) is 7.27. The molecule has 0 spiro atoms. The summed E-state index contributed by atoms with van der Waals surface area (Å²) in [5.74, 6) is -0.203. The normalized spacial score (nSPS) is 24.5. The number of hydrogen-bond acceptors (Lipinski definition) is 2. The number of amides is 1. The zero-order valence-corrected chi connectivity index (χ0v) is 12.4. The lowest BCUT2D eigenvalue weighted by molar-refractivity contribution is -0.138. The average molecular weight is 278 g/mol. The lowest BCUT2D eigenvalue weighted by atomic mass is 9.97. The molecule has 1 amide bonds. The van der Waals surface area contributed by atoms with Crippen LogP contribution >= 0.6 is 0 Å². The van der Waals surface area contributed by atoms with Crippen molar-refractivity contribution in [1.82, 2.24) is 10.2 Å². The van der Waals surface area contributed by atoms with Gasteiger partial charge in [0.25, 0.3) is 0 Å². The second kappa shape index (κ2) is 6.35. The van der Waals surface area contributed by atoms with Gasteiger partial charge in [0.15, 0.2) is 0 Å². The molecule has 1 N–H and O–H groups in total. The molecular formula is C16H23FN2O. The SMILES string of the molecule is CC(Cc1cccc(F)c1)C(=O)N1CCNC(C)C1C. The fourth-order valence-electron chi connectivity index (χ4n) is 2.76. The van der Waals surface area contributed by atoms with Crippen LogP contribution in [-0.4, -0.2) is 36.0 Å². The third-order valence-corrected chi connectivity index (χ3v) is 4.17. The molecule has 0 radical (unpaired) electrons. The maximum atomic E-state index is 13.2. The van der Waals surface area contributed by atoms with E-state index in [9.17, 15) is 9.18 Å². The number of hydrogen-bond donors (Lipinski definition) is 1. The molecule has 2 rings (SSSR count). The van der Waals surface area contributed by atoms with Crippen molar-refractivity contribution in [2.45, 2.75) is 39.3 Å². The van der Waals surface area contributed by atoms with E-state index < -0.39 is 0 Å². The molecule has 3 unspecified atom stereocenters. The van der Waals surface area contributed by atoms with Crippen LogP contribution in [0.25, 0.3) is 0 Å². The fraction of sp³-hybridized carbons (Fsp3) is 0.562. The Kier molecular flexibility index (Phi) is 4.76. The Morgan fingerprint density at radius 1 is 1.50 bits per heavy atom. The predicted molar refractivity (Wildman–Crippen MR) is 77.9 cm³/mol. The number of benzene rings is 1. The molecule has 0 bridgehead atoms. The Morgan fingerprint density at radius 3 is 2.95 bits per heavy atom. The molecule has 0 aromatic heterocycles. The summed E-state index contributed by atoms with van der Waals surface area (Å²) in [4.78, 5) is 14.5. The molecule has 1 heterocycles. The molecule has 4 heteroatoms. The van der Waals surface area contributed by atoms with Crippen molar-refractivity contribution in [3.63, 3.8) is 0 Å². The number of piperazine rings is 1. The highest BCUT2D eigenvalue weighted by molar-refractivity contribution is 5.79. The summed E-state index contributed by atoms with van der Waals surface area (Å²) in [6.07, 6.45) is 0.585. The maximum Gasteiger partial charge on any atom is 0.226 e. The first-order valence-electron chi connectivity index (χ1n) is 7.27. The van der Waals surface area contributed by atoms with Crippen LogP contribution in [0, 0.1) is 11.7 Å². The quantitative estimate of drug-likeness (QED) is 0.919. The van der Waals surface area contributed by atoms with Crippen molar-refractivity contribution in [3.8, 4) is 0 Å². The molecule has 1 aliphatic rings. The van der Waals surface area contributed by atoms with Gasteiger partial charge in [-0.15, -0.1) is 0 Å². The summed E-state index contributed by atoms with van der Waals surface area (Å²) in [7, 11) is 0. The number of halogens is 1. The van der Waals surface area contributed by atoms with Gasteiger partial charge in [0.1, 0.15) is 5.82 Å². The lowest BCUT2D eigenvalue weighted by Gasteiger charge is -2.40. The molecule has 0 saturated carbocycles. The predicted octanol–water partition coefficient (Wildman–Crippen LogP) is 2.21.